The summed E-state index contributed by atoms with van der Waals surface area (Å²) in [5.74, 6) is 0.743. The number of aliphatic carboxylic acids is 1. The van der Waals surface area contributed by atoms with Gasteiger partial charge in [0.15, 0.2) is 6.10 Å². The number of carbonyl (C=O) groups is 1. The molecule has 6 nitrogen and oxygen atoms in total. The van der Waals surface area contributed by atoms with Gasteiger partial charge in [-0.25, -0.2) is 13.6 Å². The van der Waals surface area contributed by atoms with E-state index in [1.165, 1.54) is 0 Å². The van der Waals surface area contributed by atoms with Crippen LogP contribution in [0.4, 0.5) is 8.78 Å². The second-order valence-corrected chi connectivity index (χ2v) is 8.82. The molecule has 2 aromatic carbocycles. The lowest BCUT2D eigenvalue weighted by Crippen LogP contribution is -2.33. The predicted molar refractivity (Wildman–Crippen MR) is 129 cm³/mol. The van der Waals surface area contributed by atoms with Crippen molar-refractivity contribution in [3.05, 3.63) is 69.8 Å². The van der Waals surface area contributed by atoms with Crippen LogP contribution >= 0.6 is 11.6 Å². The topological polar surface area (TPSA) is 68.2 Å². The van der Waals surface area contributed by atoms with E-state index in [2.05, 4.69) is 11.0 Å². The van der Waals surface area contributed by atoms with E-state index in [0.29, 0.717) is 37.4 Å². The van der Waals surface area contributed by atoms with Crippen LogP contribution < -0.4 is 14.2 Å². The van der Waals surface area contributed by atoms with Crippen molar-refractivity contribution in [3.63, 3.8) is 0 Å². The number of halogens is 3. The summed E-state index contributed by atoms with van der Waals surface area (Å²) in [6.07, 6.45) is 3.24. The zero-order valence-electron chi connectivity index (χ0n) is 19.0. The van der Waals surface area contributed by atoms with Gasteiger partial charge in [-0.1, -0.05) is 23.7 Å². The van der Waals surface area contributed by atoms with Gasteiger partial charge in [-0.05, 0) is 47.9 Å². The molecule has 0 fully saturated rings. The fraction of sp³-hybridized carbons (Fsp3) is 0.346. The molecule has 0 aliphatic carbocycles. The Morgan fingerprint density at radius 1 is 1.20 bits per heavy atom. The summed E-state index contributed by atoms with van der Waals surface area (Å²) in [7, 11) is 0. The molecule has 35 heavy (non-hydrogen) atoms. The van der Waals surface area contributed by atoms with Gasteiger partial charge in [0, 0.05) is 36.8 Å². The SMILES string of the molecule is O=C(O)C1=CCN(CC2=Cc3ccc(OCc4ccc(OC(CF)CF)c(Cl)c4)cc3OC2)CC1. The molecular weight excluding hydrogens is 480 g/mol. The van der Waals surface area contributed by atoms with E-state index in [1.807, 2.05) is 18.2 Å². The van der Waals surface area contributed by atoms with Crippen molar-refractivity contribution in [3.8, 4) is 17.2 Å². The molecule has 4 rings (SSSR count). The van der Waals surface area contributed by atoms with Crippen LogP contribution in [0.15, 0.2) is 53.6 Å². The maximum Gasteiger partial charge on any atom is 0.331 e. The van der Waals surface area contributed by atoms with Crippen LogP contribution in [0.25, 0.3) is 6.08 Å². The molecule has 0 aromatic heterocycles. The Labute approximate surface area is 207 Å². The summed E-state index contributed by atoms with van der Waals surface area (Å²) < 4.78 is 42.4. The summed E-state index contributed by atoms with van der Waals surface area (Å²) in [5, 5.41) is 9.34. The molecule has 186 valence electrons. The molecule has 0 radical (unpaired) electrons. The number of carboxylic acids is 1. The van der Waals surface area contributed by atoms with E-state index < -0.39 is 25.4 Å². The third kappa shape index (κ3) is 6.52. The van der Waals surface area contributed by atoms with E-state index in [9.17, 15) is 13.6 Å². The van der Waals surface area contributed by atoms with Gasteiger partial charge in [0.2, 0.25) is 0 Å². The van der Waals surface area contributed by atoms with Gasteiger partial charge < -0.3 is 19.3 Å². The van der Waals surface area contributed by atoms with Crippen LogP contribution in [0.3, 0.4) is 0 Å². The Bertz CT molecular complexity index is 1130. The Morgan fingerprint density at radius 2 is 2.03 bits per heavy atom. The Hall–Kier alpha value is -3.10. The number of carboxylic acid groups (broad SMARTS) is 1. The van der Waals surface area contributed by atoms with Gasteiger partial charge in [0.05, 0.1) is 5.02 Å². The third-order valence-corrected chi connectivity index (χ3v) is 6.09. The minimum Gasteiger partial charge on any atom is -0.489 e. The molecule has 0 unspecified atom stereocenters. The first-order chi connectivity index (χ1) is 16.9. The van der Waals surface area contributed by atoms with Crippen molar-refractivity contribution in [2.24, 2.45) is 0 Å². The average Bonchev–Trinajstić information content (AvgIpc) is 2.87. The molecule has 1 N–H and O–H groups in total. The standard InChI is InChI=1S/C26H26ClF2NO5/c27-23-10-17(1-4-24(23)35-22(12-28)13-29)15-33-21-3-2-20-9-18(16-34-25(20)11-21)14-30-7-5-19(6-8-30)26(31)32/h1-5,9-11,22H,6-8,12-16H2,(H,31,32). The highest BCUT2D eigenvalue weighted by Crippen LogP contribution is 2.32. The molecule has 0 saturated heterocycles. The van der Waals surface area contributed by atoms with E-state index in [0.717, 1.165) is 29.0 Å². The fourth-order valence-electron chi connectivity index (χ4n) is 3.89. The number of nitrogens with zero attached hydrogens (tertiary/aromatic N) is 1. The lowest BCUT2D eigenvalue weighted by molar-refractivity contribution is -0.133. The fourth-order valence-corrected chi connectivity index (χ4v) is 4.14. The lowest BCUT2D eigenvalue weighted by atomic mass is 10.0. The van der Waals surface area contributed by atoms with Crippen LogP contribution in [0.5, 0.6) is 17.2 Å². The van der Waals surface area contributed by atoms with Crippen LogP contribution in [-0.2, 0) is 11.4 Å². The van der Waals surface area contributed by atoms with Gasteiger partial charge in [-0.3, -0.25) is 4.90 Å². The molecule has 2 aliphatic heterocycles. The third-order valence-electron chi connectivity index (χ3n) is 5.79. The molecule has 0 amide bonds. The number of hydrogen-bond acceptors (Lipinski definition) is 5. The molecule has 0 atom stereocenters. The highest BCUT2D eigenvalue weighted by Gasteiger charge is 2.19. The molecule has 2 aliphatic rings. The number of alkyl halides is 2. The number of benzene rings is 2. The number of rotatable bonds is 10. The van der Waals surface area contributed by atoms with E-state index in [4.69, 9.17) is 30.9 Å². The van der Waals surface area contributed by atoms with Gasteiger partial charge in [0.25, 0.3) is 0 Å². The first-order valence-corrected chi connectivity index (χ1v) is 11.6. The molecule has 0 spiro atoms. The maximum absolute atomic E-state index is 12.7. The zero-order valence-corrected chi connectivity index (χ0v) is 19.8. The van der Waals surface area contributed by atoms with Crippen molar-refractivity contribution in [1.82, 2.24) is 4.90 Å². The van der Waals surface area contributed by atoms with Crippen LogP contribution in [0, 0.1) is 0 Å². The van der Waals surface area contributed by atoms with Gasteiger partial charge >= 0.3 is 5.97 Å². The van der Waals surface area contributed by atoms with Crippen LogP contribution in [0.1, 0.15) is 17.5 Å². The predicted octanol–water partition coefficient (Wildman–Crippen LogP) is 5.10. The minimum atomic E-state index is -1.17. The summed E-state index contributed by atoms with van der Waals surface area (Å²) >= 11 is 6.18. The maximum atomic E-state index is 12.7. The molecule has 0 saturated carbocycles. The largest absolute Gasteiger partial charge is 0.489 e. The number of hydrogen-bond donors (Lipinski definition) is 1. The van der Waals surface area contributed by atoms with E-state index in [1.54, 1.807) is 24.3 Å². The Balaban J connectivity index is 1.33. The molecule has 2 aromatic rings. The van der Waals surface area contributed by atoms with Crippen molar-refractivity contribution in [2.75, 3.05) is 39.6 Å². The summed E-state index contributed by atoms with van der Waals surface area (Å²) in [5.41, 5.74) is 3.33. The normalized spacial score (nSPS) is 15.7. The van der Waals surface area contributed by atoms with E-state index in [-0.39, 0.29) is 17.4 Å². The quantitative estimate of drug-likeness (QED) is 0.484. The summed E-state index contributed by atoms with van der Waals surface area (Å²) in [6, 6.07) is 10.6. The van der Waals surface area contributed by atoms with Crippen LogP contribution in [-0.4, -0.2) is 61.7 Å². The van der Waals surface area contributed by atoms with Crippen molar-refractivity contribution in [1.29, 1.82) is 0 Å². The first-order valence-electron chi connectivity index (χ1n) is 11.3. The van der Waals surface area contributed by atoms with Gasteiger partial charge in [0.1, 0.15) is 43.8 Å². The highest BCUT2D eigenvalue weighted by atomic mass is 35.5. The molecule has 2 heterocycles. The number of fused-ring (bicyclic) bond motifs is 1. The van der Waals surface area contributed by atoms with Crippen LogP contribution in [0.2, 0.25) is 5.02 Å². The lowest BCUT2D eigenvalue weighted by Gasteiger charge is -2.27. The Kier molecular flexibility index (Phi) is 8.25. The molecule has 9 heteroatoms. The summed E-state index contributed by atoms with van der Waals surface area (Å²) in [6.45, 7) is 0.879. The van der Waals surface area contributed by atoms with Crippen molar-refractivity contribution >= 4 is 23.6 Å². The zero-order chi connectivity index (χ0) is 24.8. The second-order valence-electron chi connectivity index (χ2n) is 8.41. The number of ether oxygens (including phenoxy) is 3. The monoisotopic (exact) mass is 505 g/mol. The first kappa shape index (κ1) is 25.0. The highest BCUT2D eigenvalue weighted by molar-refractivity contribution is 6.32. The summed E-state index contributed by atoms with van der Waals surface area (Å²) in [4.78, 5) is 13.3. The van der Waals surface area contributed by atoms with Gasteiger partial charge in [-0.2, -0.15) is 0 Å². The average molecular weight is 506 g/mol. The second kappa shape index (κ2) is 11.6. The Morgan fingerprint density at radius 3 is 2.71 bits per heavy atom. The van der Waals surface area contributed by atoms with Crippen molar-refractivity contribution < 1.29 is 32.9 Å². The molecule has 0 bridgehead atoms. The molecular formula is C26H26ClF2NO5. The van der Waals surface area contributed by atoms with Gasteiger partial charge in [-0.15, -0.1) is 0 Å². The van der Waals surface area contributed by atoms with E-state index >= 15 is 0 Å². The van der Waals surface area contributed by atoms with Crippen molar-refractivity contribution in [2.45, 2.75) is 19.1 Å². The smallest absolute Gasteiger partial charge is 0.331 e. The minimum absolute atomic E-state index is 0.225.